The average molecular weight is 311 g/mol. The molecule has 2 unspecified atom stereocenters. The second-order valence-electron chi connectivity index (χ2n) is 4.90. The Morgan fingerprint density at radius 2 is 2.22 bits per heavy atom. The van der Waals surface area contributed by atoms with Gasteiger partial charge in [-0.05, 0) is 46.8 Å². The highest BCUT2D eigenvalue weighted by atomic mass is 79.9. The fourth-order valence-corrected chi connectivity index (χ4v) is 2.88. The highest BCUT2D eigenvalue weighted by Gasteiger charge is 2.25. The molecule has 3 nitrogen and oxygen atoms in total. The van der Waals surface area contributed by atoms with Gasteiger partial charge in [0.25, 0.3) is 5.91 Å². The van der Waals surface area contributed by atoms with Gasteiger partial charge >= 0.3 is 0 Å². The largest absolute Gasteiger partial charge is 0.349 e. The third kappa shape index (κ3) is 3.31. The van der Waals surface area contributed by atoms with Crippen LogP contribution in [0.5, 0.6) is 0 Å². The quantitative estimate of drug-likeness (QED) is 0.868. The number of carbonyl (C=O) groups excluding carboxylic acids is 1. The molecule has 18 heavy (non-hydrogen) atoms. The maximum absolute atomic E-state index is 12.1. The minimum atomic E-state index is 0.000324. The number of nitrogens with zero attached hydrogens (tertiary/aromatic N) is 1. The zero-order valence-electron chi connectivity index (χ0n) is 10.7. The number of halogens is 1. The Balaban J connectivity index is 1.99. The Labute approximate surface area is 117 Å². The number of rotatable bonds is 3. The van der Waals surface area contributed by atoms with Crippen LogP contribution in [0.15, 0.2) is 22.9 Å². The van der Waals surface area contributed by atoms with Gasteiger partial charge in [0, 0.05) is 12.2 Å². The monoisotopic (exact) mass is 310 g/mol. The van der Waals surface area contributed by atoms with E-state index in [0.29, 0.717) is 17.5 Å². The fraction of sp³-hybridized carbons (Fsp3) is 0.571. The molecule has 0 aromatic carbocycles. The SMILES string of the molecule is CCC1CCCCC1NC(=O)c1ccc(Br)nc1. The van der Waals surface area contributed by atoms with E-state index in [0.717, 1.165) is 17.4 Å². The molecule has 1 fully saturated rings. The van der Waals surface area contributed by atoms with Crippen molar-refractivity contribution in [2.75, 3.05) is 0 Å². The van der Waals surface area contributed by atoms with Gasteiger partial charge in [-0.15, -0.1) is 0 Å². The Hall–Kier alpha value is -0.900. The van der Waals surface area contributed by atoms with Crippen LogP contribution in [0.1, 0.15) is 49.4 Å². The summed E-state index contributed by atoms with van der Waals surface area (Å²) in [6.45, 7) is 2.20. The first-order valence-electron chi connectivity index (χ1n) is 6.63. The molecule has 0 radical (unpaired) electrons. The molecule has 1 heterocycles. The van der Waals surface area contributed by atoms with Gasteiger partial charge < -0.3 is 5.32 Å². The average Bonchev–Trinajstić information content (AvgIpc) is 2.40. The molecule has 1 aromatic rings. The lowest BCUT2D eigenvalue weighted by Crippen LogP contribution is -2.41. The zero-order chi connectivity index (χ0) is 13.0. The Kier molecular flexibility index (Phi) is 4.75. The molecular weight excluding hydrogens is 292 g/mol. The van der Waals surface area contributed by atoms with Crippen molar-refractivity contribution in [1.82, 2.24) is 10.3 Å². The standard InChI is InChI=1S/C14H19BrN2O/c1-2-10-5-3-4-6-12(10)17-14(18)11-7-8-13(15)16-9-11/h7-10,12H,2-6H2,1H3,(H,17,18). The molecule has 0 saturated heterocycles. The van der Waals surface area contributed by atoms with Gasteiger partial charge in [-0.3, -0.25) is 4.79 Å². The molecule has 0 spiro atoms. The van der Waals surface area contributed by atoms with Crippen LogP contribution in [0, 0.1) is 5.92 Å². The molecule has 0 aliphatic heterocycles. The van der Waals surface area contributed by atoms with Gasteiger partial charge in [-0.25, -0.2) is 4.98 Å². The lowest BCUT2D eigenvalue weighted by atomic mass is 9.83. The summed E-state index contributed by atoms with van der Waals surface area (Å²) in [5.41, 5.74) is 0.638. The lowest BCUT2D eigenvalue weighted by Gasteiger charge is -2.31. The molecule has 1 N–H and O–H groups in total. The summed E-state index contributed by atoms with van der Waals surface area (Å²) in [6.07, 6.45) is 7.62. The molecule has 1 amide bonds. The molecule has 98 valence electrons. The van der Waals surface area contributed by atoms with Crippen LogP contribution in [-0.2, 0) is 0 Å². The van der Waals surface area contributed by atoms with Gasteiger partial charge in [-0.2, -0.15) is 0 Å². The maximum Gasteiger partial charge on any atom is 0.253 e. The predicted molar refractivity (Wildman–Crippen MR) is 75.4 cm³/mol. The van der Waals surface area contributed by atoms with Crippen molar-refractivity contribution in [1.29, 1.82) is 0 Å². The molecule has 1 aliphatic carbocycles. The highest BCUT2D eigenvalue weighted by Crippen LogP contribution is 2.27. The van der Waals surface area contributed by atoms with Crippen LogP contribution >= 0.6 is 15.9 Å². The summed E-state index contributed by atoms with van der Waals surface area (Å²) >= 11 is 3.27. The lowest BCUT2D eigenvalue weighted by molar-refractivity contribution is 0.0904. The van der Waals surface area contributed by atoms with E-state index in [-0.39, 0.29) is 5.91 Å². The first kappa shape index (κ1) is 13.5. The van der Waals surface area contributed by atoms with Gasteiger partial charge in [0.1, 0.15) is 4.60 Å². The van der Waals surface area contributed by atoms with E-state index < -0.39 is 0 Å². The minimum absolute atomic E-state index is 0.000324. The van der Waals surface area contributed by atoms with Crippen LogP contribution in [0.4, 0.5) is 0 Å². The Bertz CT molecular complexity index is 405. The maximum atomic E-state index is 12.1. The third-order valence-electron chi connectivity index (χ3n) is 3.74. The fourth-order valence-electron chi connectivity index (χ4n) is 2.65. The van der Waals surface area contributed by atoms with E-state index in [1.54, 1.807) is 18.3 Å². The number of pyridine rings is 1. The van der Waals surface area contributed by atoms with Crippen LogP contribution in [0.2, 0.25) is 0 Å². The minimum Gasteiger partial charge on any atom is -0.349 e. The van der Waals surface area contributed by atoms with E-state index in [9.17, 15) is 4.79 Å². The van der Waals surface area contributed by atoms with Crippen LogP contribution in [-0.4, -0.2) is 16.9 Å². The number of hydrogen-bond donors (Lipinski definition) is 1. The predicted octanol–water partition coefficient (Wildman–Crippen LogP) is 3.54. The first-order chi connectivity index (χ1) is 8.70. The molecule has 1 aromatic heterocycles. The molecule has 2 rings (SSSR count). The van der Waals surface area contributed by atoms with Crippen LogP contribution < -0.4 is 5.32 Å². The van der Waals surface area contributed by atoms with Gasteiger partial charge in [0.15, 0.2) is 0 Å². The van der Waals surface area contributed by atoms with E-state index in [1.807, 2.05) is 0 Å². The first-order valence-corrected chi connectivity index (χ1v) is 7.42. The molecule has 0 bridgehead atoms. The zero-order valence-corrected chi connectivity index (χ0v) is 12.2. The van der Waals surface area contributed by atoms with Gasteiger partial charge in [-0.1, -0.05) is 26.2 Å². The van der Waals surface area contributed by atoms with E-state index in [2.05, 4.69) is 33.2 Å². The molecular formula is C14H19BrN2O. The topological polar surface area (TPSA) is 42.0 Å². The highest BCUT2D eigenvalue weighted by molar-refractivity contribution is 9.10. The summed E-state index contributed by atoms with van der Waals surface area (Å²) in [5, 5.41) is 3.16. The van der Waals surface area contributed by atoms with Crippen molar-refractivity contribution < 1.29 is 4.79 Å². The van der Waals surface area contributed by atoms with Crippen molar-refractivity contribution in [2.45, 2.75) is 45.1 Å². The summed E-state index contributed by atoms with van der Waals surface area (Å²) in [6, 6.07) is 3.93. The van der Waals surface area contributed by atoms with Crippen LogP contribution in [0.3, 0.4) is 0 Å². The van der Waals surface area contributed by atoms with Crippen molar-refractivity contribution in [3.05, 3.63) is 28.5 Å². The van der Waals surface area contributed by atoms with Crippen LogP contribution in [0.25, 0.3) is 0 Å². The van der Waals surface area contributed by atoms with Gasteiger partial charge in [0.05, 0.1) is 5.56 Å². The summed E-state index contributed by atoms with van der Waals surface area (Å²) in [7, 11) is 0. The molecule has 1 saturated carbocycles. The van der Waals surface area contributed by atoms with Crippen molar-refractivity contribution in [3.63, 3.8) is 0 Å². The summed E-state index contributed by atoms with van der Waals surface area (Å²) in [4.78, 5) is 16.2. The number of amides is 1. The number of hydrogen-bond acceptors (Lipinski definition) is 2. The molecule has 4 heteroatoms. The second kappa shape index (κ2) is 6.32. The van der Waals surface area contributed by atoms with Gasteiger partial charge in [0.2, 0.25) is 0 Å². The Morgan fingerprint density at radius 1 is 1.44 bits per heavy atom. The van der Waals surface area contributed by atoms with Crippen molar-refractivity contribution >= 4 is 21.8 Å². The third-order valence-corrected chi connectivity index (χ3v) is 4.21. The number of carbonyl (C=O) groups is 1. The Morgan fingerprint density at radius 3 is 2.89 bits per heavy atom. The van der Waals surface area contributed by atoms with E-state index in [1.165, 1.54) is 19.3 Å². The number of nitrogens with one attached hydrogen (secondary N) is 1. The number of aromatic nitrogens is 1. The van der Waals surface area contributed by atoms with E-state index >= 15 is 0 Å². The van der Waals surface area contributed by atoms with E-state index in [4.69, 9.17) is 0 Å². The normalized spacial score (nSPS) is 23.7. The molecule has 1 aliphatic rings. The smallest absolute Gasteiger partial charge is 0.253 e. The van der Waals surface area contributed by atoms with Crippen molar-refractivity contribution in [2.24, 2.45) is 5.92 Å². The van der Waals surface area contributed by atoms with Crippen molar-refractivity contribution in [3.8, 4) is 0 Å². The molecule has 2 atom stereocenters. The summed E-state index contributed by atoms with van der Waals surface area (Å²) in [5.74, 6) is 0.631. The summed E-state index contributed by atoms with van der Waals surface area (Å²) < 4.78 is 0.753. The second-order valence-corrected chi connectivity index (χ2v) is 5.71.